The number of oxazole rings is 2. The molecule has 2 aromatic heterocycles. The van der Waals surface area contributed by atoms with Gasteiger partial charge in [-0.2, -0.15) is 0 Å². The minimum atomic E-state index is -0.617. The third-order valence-corrected chi connectivity index (χ3v) is 2.09. The van der Waals surface area contributed by atoms with Crippen molar-refractivity contribution in [3.63, 3.8) is 0 Å². The van der Waals surface area contributed by atoms with Crippen LogP contribution in [0.25, 0.3) is 0 Å². The van der Waals surface area contributed by atoms with E-state index in [0.29, 0.717) is 0 Å². The summed E-state index contributed by atoms with van der Waals surface area (Å²) < 4.78 is 27.5. The molecule has 0 aliphatic heterocycles. The van der Waals surface area contributed by atoms with Crippen molar-refractivity contribution in [2.24, 2.45) is 0 Å². The highest BCUT2D eigenvalue weighted by Gasteiger charge is 2.13. The first-order valence-corrected chi connectivity index (χ1v) is 5.72. The average molecular weight is 314 g/mol. The van der Waals surface area contributed by atoms with Gasteiger partial charge in [0, 0.05) is 0 Å². The molecule has 0 aromatic carbocycles. The third-order valence-electron chi connectivity index (χ3n) is 2.09. The van der Waals surface area contributed by atoms with E-state index in [1.165, 1.54) is 40.8 Å². The number of methoxy groups -OCH3 is 4. The standard InChI is InChI=1S/2C6H7NO4/c2*1-9-4-3-7-5(11-4)6(8)10-2/h2*3H,1-2H3. The highest BCUT2D eigenvalue weighted by Crippen LogP contribution is 2.12. The van der Waals surface area contributed by atoms with Crippen LogP contribution in [-0.4, -0.2) is 50.3 Å². The lowest BCUT2D eigenvalue weighted by Gasteiger charge is -1.90. The summed E-state index contributed by atoms with van der Waals surface area (Å²) in [6.45, 7) is 0. The van der Waals surface area contributed by atoms with Gasteiger partial charge in [-0.15, -0.1) is 0 Å². The van der Waals surface area contributed by atoms with Crippen molar-refractivity contribution in [2.75, 3.05) is 28.4 Å². The number of esters is 2. The maximum Gasteiger partial charge on any atom is 0.394 e. The van der Waals surface area contributed by atoms with Crippen LogP contribution in [-0.2, 0) is 9.47 Å². The SMILES string of the molecule is COC(=O)c1ncc(OC)o1.COC(=O)c1ncc(OC)o1. The van der Waals surface area contributed by atoms with Gasteiger partial charge in [-0.05, 0) is 0 Å². The molecule has 120 valence electrons. The van der Waals surface area contributed by atoms with Crippen molar-refractivity contribution in [1.82, 2.24) is 9.97 Å². The zero-order valence-corrected chi connectivity index (χ0v) is 12.3. The molecule has 10 nitrogen and oxygen atoms in total. The van der Waals surface area contributed by atoms with Crippen LogP contribution in [0.5, 0.6) is 11.9 Å². The van der Waals surface area contributed by atoms with Gasteiger partial charge in [0.1, 0.15) is 12.4 Å². The highest BCUT2D eigenvalue weighted by atomic mass is 16.6. The van der Waals surface area contributed by atoms with Gasteiger partial charge in [-0.25, -0.2) is 19.6 Å². The minimum Gasteiger partial charge on any atom is -0.467 e. The molecule has 0 saturated carbocycles. The summed E-state index contributed by atoms with van der Waals surface area (Å²) in [5.74, 6) is -1.08. The van der Waals surface area contributed by atoms with Gasteiger partial charge < -0.3 is 27.8 Å². The van der Waals surface area contributed by atoms with Gasteiger partial charge in [0.15, 0.2) is 0 Å². The molecule has 0 bridgehead atoms. The Morgan fingerprint density at radius 1 is 0.818 bits per heavy atom. The monoisotopic (exact) mass is 314 g/mol. The van der Waals surface area contributed by atoms with Crippen LogP contribution < -0.4 is 9.47 Å². The average Bonchev–Trinajstić information content (AvgIpc) is 3.22. The number of nitrogens with zero attached hydrogens (tertiary/aromatic N) is 2. The molecule has 2 heterocycles. The maximum absolute atomic E-state index is 10.7. The van der Waals surface area contributed by atoms with Gasteiger partial charge >= 0.3 is 35.6 Å². The Kier molecular flexibility index (Phi) is 6.41. The van der Waals surface area contributed by atoms with Crippen LogP contribution in [0.2, 0.25) is 0 Å². The summed E-state index contributed by atoms with van der Waals surface area (Å²) >= 11 is 0. The predicted molar refractivity (Wildman–Crippen MR) is 68.8 cm³/mol. The molecule has 0 saturated heterocycles. The largest absolute Gasteiger partial charge is 0.467 e. The number of ether oxygens (including phenoxy) is 4. The zero-order chi connectivity index (χ0) is 16.5. The number of carbonyl (C=O) groups is 2. The first-order chi connectivity index (χ1) is 10.5. The molecule has 2 aromatic rings. The second-order valence-electron chi connectivity index (χ2n) is 3.36. The molecule has 0 aliphatic rings. The molecule has 0 fully saturated rings. The number of aromatic nitrogens is 2. The Morgan fingerprint density at radius 2 is 1.18 bits per heavy atom. The predicted octanol–water partition coefficient (Wildman–Crippen LogP) is 0.940. The van der Waals surface area contributed by atoms with Crippen molar-refractivity contribution < 1.29 is 37.4 Å². The molecular weight excluding hydrogens is 300 g/mol. The first-order valence-electron chi connectivity index (χ1n) is 5.72. The van der Waals surface area contributed by atoms with E-state index >= 15 is 0 Å². The van der Waals surface area contributed by atoms with Crippen LogP contribution in [0, 0.1) is 0 Å². The number of carbonyl (C=O) groups excluding carboxylic acids is 2. The Balaban J connectivity index is 0.000000220. The molecule has 2 rings (SSSR count). The first kappa shape index (κ1) is 17.0. The van der Waals surface area contributed by atoms with E-state index in [1.807, 2.05) is 0 Å². The number of rotatable bonds is 4. The molecule has 0 radical (unpaired) electrons. The van der Waals surface area contributed by atoms with Crippen molar-refractivity contribution >= 4 is 11.9 Å². The fraction of sp³-hybridized carbons (Fsp3) is 0.333. The van der Waals surface area contributed by atoms with Gasteiger partial charge in [-0.1, -0.05) is 0 Å². The van der Waals surface area contributed by atoms with E-state index in [0.717, 1.165) is 0 Å². The van der Waals surface area contributed by atoms with Gasteiger partial charge in [0.05, 0.1) is 28.4 Å². The third kappa shape index (κ3) is 4.51. The molecule has 0 atom stereocenters. The Hall–Kier alpha value is -3.04. The molecule has 0 N–H and O–H groups in total. The smallest absolute Gasteiger partial charge is 0.394 e. The summed E-state index contributed by atoms with van der Waals surface area (Å²) in [7, 11) is 5.33. The van der Waals surface area contributed by atoms with Crippen molar-refractivity contribution in [3.05, 3.63) is 24.2 Å². The van der Waals surface area contributed by atoms with Crippen molar-refractivity contribution in [1.29, 1.82) is 0 Å². The zero-order valence-electron chi connectivity index (χ0n) is 12.3. The lowest BCUT2D eigenvalue weighted by Crippen LogP contribution is -2.00. The number of hydrogen-bond donors (Lipinski definition) is 0. The van der Waals surface area contributed by atoms with E-state index < -0.39 is 11.9 Å². The summed E-state index contributed by atoms with van der Waals surface area (Å²) in [6.07, 6.45) is 2.60. The fourth-order valence-corrected chi connectivity index (χ4v) is 1.07. The van der Waals surface area contributed by atoms with Gasteiger partial charge in [0.2, 0.25) is 0 Å². The molecule has 0 amide bonds. The van der Waals surface area contributed by atoms with E-state index in [4.69, 9.17) is 8.83 Å². The van der Waals surface area contributed by atoms with Crippen LogP contribution in [0.4, 0.5) is 0 Å². The van der Waals surface area contributed by atoms with E-state index in [9.17, 15) is 9.59 Å². The Labute approximate surface area is 124 Å². The van der Waals surface area contributed by atoms with Crippen LogP contribution in [0.15, 0.2) is 21.2 Å². The summed E-state index contributed by atoms with van der Waals surface area (Å²) in [4.78, 5) is 28.6. The normalized spacial score (nSPS) is 9.27. The molecule has 10 heteroatoms. The Bertz CT molecular complexity index is 564. The van der Waals surface area contributed by atoms with E-state index in [1.54, 1.807) is 0 Å². The topological polar surface area (TPSA) is 123 Å². The van der Waals surface area contributed by atoms with E-state index in [2.05, 4.69) is 28.9 Å². The molecule has 0 aliphatic carbocycles. The van der Waals surface area contributed by atoms with Crippen LogP contribution in [0.3, 0.4) is 0 Å². The molecule has 22 heavy (non-hydrogen) atoms. The lowest BCUT2D eigenvalue weighted by atomic mass is 10.7. The lowest BCUT2D eigenvalue weighted by molar-refractivity contribution is 0.0542. The minimum absolute atomic E-state index is 0.107. The highest BCUT2D eigenvalue weighted by molar-refractivity contribution is 5.84. The van der Waals surface area contributed by atoms with Gasteiger partial charge in [-0.3, -0.25) is 0 Å². The molecule has 0 unspecified atom stereocenters. The van der Waals surface area contributed by atoms with E-state index in [-0.39, 0.29) is 23.7 Å². The van der Waals surface area contributed by atoms with Crippen molar-refractivity contribution in [2.45, 2.75) is 0 Å². The summed E-state index contributed by atoms with van der Waals surface area (Å²) in [5.41, 5.74) is 0. The second kappa shape index (κ2) is 8.29. The van der Waals surface area contributed by atoms with Gasteiger partial charge in [0.25, 0.3) is 0 Å². The maximum atomic E-state index is 10.7. The second-order valence-corrected chi connectivity index (χ2v) is 3.36. The van der Waals surface area contributed by atoms with Crippen molar-refractivity contribution in [3.8, 4) is 11.9 Å². The summed E-state index contributed by atoms with van der Waals surface area (Å²) in [5, 5.41) is 0. The molecule has 0 spiro atoms. The van der Waals surface area contributed by atoms with Crippen LogP contribution >= 0.6 is 0 Å². The number of hydrogen-bond acceptors (Lipinski definition) is 10. The summed E-state index contributed by atoms with van der Waals surface area (Å²) in [6, 6.07) is 0. The van der Waals surface area contributed by atoms with Crippen LogP contribution in [0.1, 0.15) is 21.4 Å². The fourth-order valence-electron chi connectivity index (χ4n) is 1.07. The molecular formula is C12H14N2O8. The quantitative estimate of drug-likeness (QED) is 0.753. The Morgan fingerprint density at radius 3 is 1.41 bits per heavy atom.